The van der Waals surface area contributed by atoms with Crippen molar-refractivity contribution in [1.82, 2.24) is 20.0 Å². The van der Waals surface area contributed by atoms with Gasteiger partial charge in [-0.1, -0.05) is 13.0 Å². The number of fused-ring (bicyclic) bond motifs is 1. The highest BCUT2D eigenvalue weighted by atomic mass is 19.1. The number of benzene rings is 1. The molecule has 1 unspecified atom stereocenters. The van der Waals surface area contributed by atoms with Gasteiger partial charge in [-0.05, 0) is 32.4 Å². The van der Waals surface area contributed by atoms with Crippen molar-refractivity contribution in [2.75, 3.05) is 13.7 Å². The number of carbonyl (C=O) groups excluding carboxylic acids is 1. The van der Waals surface area contributed by atoms with Crippen LogP contribution >= 0.6 is 0 Å². The lowest BCUT2D eigenvalue weighted by molar-refractivity contribution is 0.0930. The maximum atomic E-state index is 14.0. The molecule has 0 radical (unpaired) electrons. The van der Waals surface area contributed by atoms with Crippen LogP contribution < -0.4 is 20.1 Å². The zero-order valence-corrected chi connectivity index (χ0v) is 19.2. The zero-order valence-electron chi connectivity index (χ0n) is 19.2. The third kappa shape index (κ3) is 5.19. The molecule has 1 atom stereocenters. The molecule has 2 heterocycles. The monoisotopic (exact) mass is 476 g/mol. The number of methoxy groups -OCH3 is 1. The fourth-order valence-corrected chi connectivity index (χ4v) is 3.39. The van der Waals surface area contributed by atoms with Crippen LogP contribution in [0.15, 0.2) is 30.5 Å². The number of imidazole rings is 1. The summed E-state index contributed by atoms with van der Waals surface area (Å²) in [7, 11) is 1.43. The Bertz CT molecular complexity index is 1210. The number of rotatable bonds is 9. The lowest BCUT2D eigenvalue weighted by Crippen LogP contribution is -2.52. The van der Waals surface area contributed by atoms with E-state index in [-0.39, 0.29) is 29.2 Å². The molecule has 1 aromatic carbocycles. The minimum absolute atomic E-state index is 0.0429. The predicted octanol–water partition coefficient (Wildman–Crippen LogP) is 3.67. The predicted molar refractivity (Wildman–Crippen MR) is 119 cm³/mol. The maximum Gasteiger partial charge on any atom is 0.405 e. The van der Waals surface area contributed by atoms with Crippen LogP contribution in [0.5, 0.6) is 11.5 Å². The normalized spacial score (nSPS) is 12.8. The van der Waals surface area contributed by atoms with E-state index in [0.29, 0.717) is 17.9 Å². The van der Waals surface area contributed by atoms with E-state index >= 15 is 0 Å². The topological polar surface area (TPSA) is 114 Å². The second-order valence-corrected chi connectivity index (χ2v) is 8.00. The van der Waals surface area contributed by atoms with Gasteiger partial charge in [0, 0.05) is 12.6 Å². The summed E-state index contributed by atoms with van der Waals surface area (Å²) >= 11 is 0. The molecule has 2 aromatic heterocycles. The summed E-state index contributed by atoms with van der Waals surface area (Å²) < 4.78 is 40.5. The Hall–Kier alpha value is -3.89. The molecule has 182 valence electrons. The van der Waals surface area contributed by atoms with E-state index in [9.17, 15) is 18.4 Å². The molecule has 2 amide bonds. The van der Waals surface area contributed by atoms with Crippen LogP contribution in [0.2, 0.25) is 0 Å². The van der Waals surface area contributed by atoms with Gasteiger partial charge < -0.3 is 25.2 Å². The van der Waals surface area contributed by atoms with Crippen molar-refractivity contribution in [3.8, 4) is 11.5 Å². The number of carbonyl (C=O) groups is 2. The summed E-state index contributed by atoms with van der Waals surface area (Å²) in [5.74, 6) is -1.49. The smallest absolute Gasteiger partial charge is 0.405 e. The van der Waals surface area contributed by atoms with E-state index in [2.05, 4.69) is 15.6 Å². The van der Waals surface area contributed by atoms with Gasteiger partial charge >= 0.3 is 6.09 Å². The Morgan fingerprint density at radius 3 is 2.53 bits per heavy atom. The molecule has 34 heavy (non-hydrogen) atoms. The third-order valence-electron chi connectivity index (χ3n) is 5.55. The highest BCUT2D eigenvalue weighted by Gasteiger charge is 2.27. The summed E-state index contributed by atoms with van der Waals surface area (Å²) in [4.78, 5) is 28.5. The second kappa shape index (κ2) is 9.94. The molecule has 0 aliphatic carbocycles. The Morgan fingerprint density at radius 2 is 1.94 bits per heavy atom. The van der Waals surface area contributed by atoms with Crippen molar-refractivity contribution in [2.45, 2.75) is 39.3 Å². The van der Waals surface area contributed by atoms with Crippen molar-refractivity contribution >= 4 is 17.6 Å². The fourth-order valence-electron chi connectivity index (χ4n) is 3.39. The van der Waals surface area contributed by atoms with E-state index in [4.69, 9.17) is 14.6 Å². The molecular formula is C23H26F2N4O5. The van der Waals surface area contributed by atoms with Crippen LogP contribution in [-0.4, -0.2) is 45.7 Å². The zero-order chi connectivity index (χ0) is 25.0. The van der Waals surface area contributed by atoms with E-state index in [1.54, 1.807) is 20.8 Å². The van der Waals surface area contributed by atoms with Crippen molar-refractivity contribution in [3.63, 3.8) is 0 Å². The van der Waals surface area contributed by atoms with Gasteiger partial charge in [-0.3, -0.25) is 9.20 Å². The van der Waals surface area contributed by atoms with E-state index in [1.165, 1.54) is 29.8 Å². The number of halogens is 2. The quantitative estimate of drug-likeness (QED) is 0.434. The number of nitrogens with one attached hydrogen (secondary N) is 2. The Morgan fingerprint density at radius 1 is 1.26 bits per heavy atom. The molecule has 0 saturated carbocycles. The molecule has 3 N–H and O–H groups in total. The number of ether oxygens (including phenoxy) is 2. The van der Waals surface area contributed by atoms with Crippen LogP contribution in [0, 0.1) is 18.6 Å². The number of aryl methyl sites for hydroxylation is 1. The summed E-state index contributed by atoms with van der Waals surface area (Å²) in [6.07, 6.45) is 0.793. The molecule has 0 spiro atoms. The van der Waals surface area contributed by atoms with Crippen LogP contribution in [0.3, 0.4) is 0 Å². The van der Waals surface area contributed by atoms with Gasteiger partial charge in [-0.15, -0.1) is 0 Å². The van der Waals surface area contributed by atoms with Gasteiger partial charge in [-0.25, -0.2) is 18.6 Å². The number of pyridine rings is 1. The van der Waals surface area contributed by atoms with Crippen LogP contribution in [-0.2, 0) is 6.61 Å². The summed E-state index contributed by atoms with van der Waals surface area (Å²) in [6, 6.07) is 5.03. The van der Waals surface area contributed by atoms with Gasteiger partial charge in [0.05, 0.1) is 30.1 Å². The first-order valence-corrected chi connectivity index (χ1v) is 10.5. The largest absolute Gasteiger partial charge is 0.495 e. The molecule has 3 aromatic rings. The van der Waals surface area contributed by atoms with Crippen molar-refractivity contribution in [2.24, 2.45) is 0 Å². The molecule has 0 bridgehead atoms. The lowest BCUT2D eigenvalue weighted by Gasteiger charge is -2.28. The van der Waals surface area contributed by atoms with Crippen molar-refractivity contribution in [1.29, 1.82) is 0 Å². The van der Waals surface area contributed by atoms with E-state index in [0.717, 1.165) is 12.1 Å². The first-order valence-electron chi connectivity index (χ1n) is 10.5. The molecule has 9 nitrogen and oxygen atoms in total. The van der Waals surface area contributed by atoms with Gasteiger partial charge in [0.15, 0.2) is 11.4 Å². The lowest BCUT2D eigenvalue weighted by atomic mass is 9.99. The van der Waals surface area contributed by atoms with Gasteiger partial charge in [0.1, 0.15) is 29.7 Å². The first kappa shape index (κ1) is 24.7. The second-order valence-electron chi connectivity index (χ2n) is 8.00. The van der Waals surface area contributed by atoms with E-state index < -0.39 is 35.8 Å². The third-order valence-corrected chi connectivity index (χ3v) is 5.55. The molecule has 0 saturated heterocycles. The SMILES string of the molecule is CCC(C)(CNC(=O)c1c(C)nc2c(OCc3c(F)cccc3F)cc(OC)cn12)NC(=O)O. The summed E-state index contributed by atoms with van der Waals surface area (Å²) in [5.41, 5.74) is -0.302. The van der Waals surface area contributed by atoms with Gasteiger partial charge in [0.25, 0.3) is 5.91 Å². The minimum atomic E-state index is -1.19. The number of nitrogens with zero attached hydrogens (tertiary/aromatic N) is 2. The fraction of sp³-hybridized carbons (Fsp3) is 0.348. The van der Waals surface area contributed by atoms with Crippen LogP contribution in [0.25, 0.3) is 5.65 Å². The Kier molecular flexibility index (Phi) is 7.23. The standard InChI is InChI=1S/C23H26F2N4O5/c1-5-23(3,28-22(31)32)12-26-21(30)19-13(2)27-20-18(9-14(33-4)10-29(19)20)34-11-15-16(24)7-6-8-17(15)25/h6-10,28H,5,11-12H2,1-4H3,(H,26,30)(H,31,32). The Balaban J connectivity index is 1.93. The average Bonchev–Trinajstić information content (AvgIpc) is 3.12. The summed E-state index contributed by atoms with van der Waals surface area (Å²) in [5, 5.41) is 14.2. The Labute approximate surface area is 194 Å². The van der Waals surface area contributed by atoms with Gasteiger partial charge in [-0.2, -0.15) is 0 Å². The number of hydrogen-bond acceptors (Lipinski definition) is 5. The minimum Gasteiger partial charge on any atom is -0.495 e. The number of hydrogen-bond donors (Lipinski definition) is 3. The van der Waals surface area contributed by atoms with Crippen LogP contribution in [0.4, 0.5) is 13.6 Å². The molecule has 11 heteroatoms. The molecular weight excluding hydrogens is 450 g/mol. The molecule has 0 aliphatic rings. The maximum absolute atomic E-state index is 14.0. The average molecular weight is 476 g/mol. The first-order chi connectivity index (χ1) is 16.1. The van der Waals surface area contributed by atoms with Gasteiger partial charge in [0.2, 0.25) is 0 Å². The van der Waals surface area contributed by atoms with Crippen LogP contribution in [0.1, 0.15) is 42.0 Å². The highest BCUT2D eigenvalue weighted by Crippen LogP contribution is 2.29. The number of aromatic nitrogens is 2. The van der Waals surface area contributed by atoms with E-state index in [1.807, 2.05) is 0 Å². The number of amides is 2. The van der Waals surface area contributed by atoms with Crippen molar-refractivity contribution < 1.29 is 33.0 Å². The van der Waals surface area contributed by atoms with Crippen molar-refractivity contribution in [3.05, 3.63) is 59.0 Å². The molecule has 0 aliphatic heterocycles. The number of carboxylic acid groups (broad SMARTS) is 1. The summed E-state index contributed by atoms with van der Waals surface area (Å²) in [6.45, 7) is 4.75. The molecule has 3 rings (SSSR count). The highest BCUT2D eigenvalue weighted by molar-refractivity contribution is 5.95. The molecule has 0 fully saturated rings.